The fourth-order valence-corrected chi connectivity index (χ4v) is 2.83. The van der Waals surface area contributed by atoms with E-state index in [1.165, 1.54) is 11.3 Å². The third-order valence-corrected chi connectivity index (χ3v) is 3.82. The number of rotatable bonds is 4. The van der Waals surface area contributed by atoms with Crippen molar-refractivity contribution in [2.75, 3.05) is 13.2 Å². The number of benzene rings is 1. The first-order valence-electron chi connectivity index (χ1n) is 7.10. The molecule has 102 valence electrons. The predicted octanol–water partition coefficient (Wildman–Crippen LogP) is 2.41. The number of aryl methyl sites for hydroxylation is 1. The molecule has 1 atom stereocenters. The van der Waals surface area contributed by atoms with Gasteiger partial charge >= 0.3 is 0 Å². The minimum Gasteiger partial charge on any atom is -0.381 e. The number of ether oxygens (including phenoxy) is 1. The van der Waals surface area contributed by atoms with E-state index in [0.717, 1.165) is 43.7 Å². The lowest BCUT2D eigenvalue weighted by Gasteiger charge is -2.11. The maximum absolute atomic E-state index is 5.71. The van der Waals surface area contributed by atoms with Crippen LogP contribution in [-0.4, -0.2) is 22.8 Å². The molecule has 1 aliphatic heterocycles. The second-order valence-electron chi connectivity index (χ2n) is 5.21. The van der Waals surface area contributed by atoms with Gasteiger partial charge in [0.25, 0.3) is 0 Å². The lowest BCUT2D eigenvalue weighted by Crippen LogP contribution is -2.09. The van der Waals surface area contributed by atoms with Crippen LogP contribution in [0.25, 0.3) is 11.0 Å². The molecule has 4 heteroatoms. The van der Waals surface area contributed by atoms with Gasteiger partial charge in [-0.2, -0.15) is 0 Å². The highest BCUT2D eigenvalue weighted by Gasteiger charge is 2.24. The van der Waals surface area contributed by atoms with Crippen LogP contribution < -0.4 is 5.73 Å². The molecule has 0 bridgehead atoms. The van der Waals surface area contributed by atoms with Gasteiger partial charge in [0.2, 0.25) is 0 Å². The van der Waals surface area contributed by atoms with Crippen molar-refractivity contribution < 1.29 is 4.74 Å². The second-order valence-corrected chi connectivity index (χ2v) is 5.21. The van der Waals surface area contributed by atoms with Crippen molar-refractivity contribution in [3.05, 3.63) is 29.6 Å². The van der Waals surface area contributed by atoms with Crippen LogP contribution in [0.5, 0.6) is 0 Å². The molecule has 2 aromatic rings. The van der Waals surface area contributed by atoms with Crippen LogP contribution in [-0.2, 0) is 17.8 Å². The molecular weight excluding hydrogens is 238 g/mol. The summed E-state index contributed by atoms with van der Waals surface area (Å²) in [5.74, 6) is 1.63. The summed E-state index contributed by atoms with van der Waals surface area (Å²) in [6.45, 7) is 5.45. The fourth-order valence-electron chi connectivity index (χ4n) is 2.83. The Kier molecular flexibility index (Phi) is 3.53. The molecule has 4 nitrogen and oxygen atoms in total. The van der Waals surface area contributed by atoms with Gasteiger partial charge in [0.05, 0.1) is 17.6 Å². The maximum atomic E-state index is 5.71. The van der Waals surface area contributed by atoms with Crippen molar-refractivity contribution in [3.8, 4) is 0 Å². The zero-order chi connectivity index (χ0) is 13.2. The van der Waals surface area contributed by atoms with Gasteiger partial charge in [-0.15, -0.1) is 0 Å². The molecule has 1 fully saturated rings. The van der Waals surface area contributed by atoms with Gasteiger partial charge in [-0.1, -0.05) is 13.0 Å². The maximum Gasteiger partial charge on any atom is 0.115 e. The van der Waals surface area contributed by atoms with E-state index in [9.17, 15) is 0 Å². The van der Waals surface area contributed by atoms with Gasteiger partial charge in [-0.25, -0.2) is 4.98 Å². The van der Waals surface area contributed by atoms with E-state index < -0.39 is 0 Å². The Morgan fingerprint density at radius 3 is 3.05 bits per heavy atom. The molecule has 1 aromatic carbocycles. The van der Waals surface area contributed by atoms with Gasteiger partial charge in [-0.3, -0.25) is 0 Å². The summed E-state index contributed by atoms with van der Waals surface area (Å²) in [6.07, 6.45) is 2.20. The van der Waals surface area contributed by atoms with Gasteiger partial charge in [-0.05, 0) is 30.5 Å². The number of imidazole rings is 1. The Bertz CT molecular complexity index is 570. The average molecular weight is 259 g/mol. The summed E-state index contributed by atoms with van der Waals surface area (Å²) in [5.41, 5.74) is 9.14. The van der Waals surface area contributed by atoms with Crippen LogP contribution >= 0.6 is 0 Å². The van der Waals surface area contributed by atoms with Crippen LogP contribution in [0.4, 0.5) is 0 Å². The standard InChI is InChI=1S/C15H21N3O/c1-2-6-18-14-4-3-11(9-16)8-13(14)17-15(18)12-5-7-19-10-12/h3-4,8,12H,2,5-7,9-10,16H2,1H3. The number of aromatic nitrogens is 2. The molecule has 0 radical (unpaired) electrons. The number of nitrogens with two attached hydrogens (primary N) is 1. The quantitative estimate of drug-likeness (QED) is 0.917. The lowest BCUT2D eigenvalue weighted by molar-refractivity contribution is 0.192. The highest BCUT2D eigenvalue weighted by molar-refractivity contribution is 5.77. The zero-order valence-corrected chi connectivity index (χ0v) is 11.4. The molecule has 1 aliphatic rings. The summed E-state index contributed by atoms with van der Waals surface area (Å²) in [4.78, 5) is 4.85. The molecule has 1 saturated heterocycles. The van der Waals surface area contributed by atoms with Crippen molar-refractivity contribution in [2.45, 2.75) is 38.8 Å². The van der Waals surface area contributed by atoms with E-state index in [0.29, 0.717) is 12.5 Å². The largest absolute Gasteiger partial charge is 0.381 e. The summed E-state index contributed by atoms with van der Waals surface area (Å²) in [7, 11) is 0. The van der Waals surface area contributed by atoms with E-state index in [2.05, 4.69) is 29.7 Å². The molecule has 0 spiro atoms. The second kappa shape index (κ2) is 5.31. The Hall–Kier alpha value is -1.39. The molecule has 3 rings (SSSR count). The number of fused-ring (bicyclic) bond motifs is 1. The van der Waals surface area contributed by atoms with Crippen LogP contribution in [0.3, 0.4) is 0 Å². The first-order valence-corrected chi connectivity index (χ1v) is 7.10. The minimum atomic E-state index is 0.445. The molecule has 1 aromatic heterocycles. The first-order chi connectivity index (χ1) is 9.33. The number of hydrogen-bond donors (Lipinski definition) is 1. The number of nitrogens with zero attached hydrogens (tertiary/aromatic N) is 2. The third-order valence-electron chi connectivity index (χ3n) is 3.82. The van der Waals surface area contributed by atoms with E-state index >= 15 is 0 Å². The smallest absolute Gasteiger partial charge is 0.115 e. The Morgan fingerprint density at radius 2 is 2.37 bits per heavy atom. The van der Waals surface area contributed by atoms with Crippen molar-refractivity contribution in [1.82, 2.24) is 9.55 Å². The molecule has 0 aliphatic carbocycles. The molecule has 19 heavy (non-hydrogen) atoms. The molecular formula is C15H21N3O. The first kappa shape index (κ1) is 12.6. The van der Waals surface area contributed by atoms with Gasteiger partial charge in [0.1, 0.15) is 5.82 Å². The molecule has 0 amide bonds. The normalized spacial score (nSPS) is 19.4. The predicted molar refractivity (Wildman–Crippen MR) is 76.1 cm³/mol. The van der Waals surface area contributed by atoms with Crippen molar-refractivity contribution in [2.24, 2.45) is 5.73 Å². The van der Waals surface area contributed by atoms with Crippen LogP contribution in [0, 0.1) is 0 Å². The van der Waals surface area contributed by atoms with E-state index in [1.54, 1.807) is 0 Å². The average Bonchev–Trinajstić information content (AvgIpc) is 3.06. The molecule has 1 unspecified atom stereocenters. The summed E-state index contributed by atoms with van der Waals surface area (Å²) < 4.78 is 7.87. The van der Waals surface area contributed by atoms with Gasteiger partial charge in [0, 0.05) is 25.6 Å². The zero-order valence-electron chi connectivity index (χ0n) is 11.4. The summed E-state index contributed by atoms with van der Waals surface area (Å²) >= 11 is 0. The molecule has 2 heterocycles. The van der Waals surface area contributed by atoms with Crippen LogP contribution in [0.2, 0.25) is 0 Å². The highest BCUT2D eigenvalue weighted by Crippen LogP contribution is 2.28. The molecule has 0 saturated carbocycles. The Labute approximate surface area is 113 Å². The third kappa shape index (κ3) is 2.26. The minimum absolute atomic E-state index is 0.445. The Balaban J connectivity index is 2.10. The Morgan fingerprint density at radius 1 is 1.47 bits per heavy atom. The van der Waals surface area contributed by atoms with Crippen molar-refractivity contribution in [3.63, 3.8) is 0 Å². The lowest BCUT2D eigenvalue weighted by atomic mass is 10.1. The van der Waals surface area contributed by atoms with E-state index in [4.69, 9.17) is 15.5 Å². The summed E-state index contributed by atoms with van der Waals surface area (Å²) in [5, 5.41) is 0. The number of hydrogen-bond acceptors (Lipinski definition) is 3. The van der Waals surface area contributed by atoms with Crippen LogP contribution in [0.1, 0.15) is 37.1 Å². The topological polar surface area (TPSA) is 53.1 Å². The van der Waals surface area contributed by atoms with Gasteiger partial charge < -0.3 is 15.0 Å². The van der Waals surface area contributed by atoms with Crippen molar-refractivity contribution >= 4 is 11.0 Å². The summed E-state index contributed by atoms with van der Waals surface area (Å²) in [6, 6.07) is 6.37. The highest BCUT2D eigenvalue weighted by atomic mass is 16.5. The van der Waals surface area contributed by atoms with E-state index in [-0.39, 0.29) is 0 Å². The fraction of sp³-hybridized carbons (Fsp3) is 0.533. The van der Waals surface area contributed by atoms with Crippen LogP contribution in [0.15, 0.2) is 18.2 Å². The van der Waals surface area contributed by atoms with Crippen molar-refractivity contribution in [1.29, 1.82) is 0 Å². The monoisotopic (exact) mass is 259 g/mol. The SMILES string of the molecule is CCCn1c(C2CCOC2)nc2cc(CN)ccc21. The van der Waals surface area contributed by atoms with E-state index in [1.807, 2.05) is 0 Å². The molecule has 2 N–H and O–H groups in total. The van der Waals surface area contributed by atoms with Gasteiger partial charge in [0.15, 0.2) is 0 Å².